The van der Waals surface area contributed by atoms with Gasteiger partial charge in [-0.15, -0.1) is 0 Å². The monoisotopic (exact) mass is 516 g/mol. The number of hydrogen-bond donors (Lipinski definition) is 1. The summed E-state index contributed by atoms with van der Waals surface area (Å²) in [5.74, 6) is -0.0616. The van der Waals surface area contributed by atoms with Crippen molar-refractivity contribution >= 4 is 29.2 Å². The van der Waals surface area contributed by atoms with Crippen molar-refractivity contribution in [3.05, 3.63) is 74.0 Å². The number of methoxy groups -OCH3 is 2. The number of ether oxygens (including phenoxy) is 3. The zero-order chi connectivity index (χ0) is 26.4. The van der Waals surface area contributed by atoms with Crippen molar-refractivity contribution in [3.63, 3.8) is 0 Å². The third kappa shape index (κ3) is 6.45. The maximum absolute atomic E-state index is 13.4. The van der Waals surface area contributed by atoms with Crippen LogP contribution in [0.15, 0.2) is 52.1 Å². The van der Waals surface area contributed by atoms with Gasteiger partial charge in [-0.1, -0.05) is 30.7 Å². The van der Waals surface area contributed by atoms with E-state index in [0.29, 0.717) is 22.2 Å². The topological polar surface area (TPSA) is 114 Å². The number of rotatable bonds is 10. The van der Waals surface area contributed by atoms with Crippen LogP contribution in [0.5, 0.6) is 11.5 Å². The molecule has 1 atom stereocenters. The Morgan fingerprint density at radius 2 is 1.75 bits per heavy atom. The van der Waals surface area contributed by atoms with Crippen LogP contribution in [0, 0.1) is 5.92 Å². The van der Waals surface area contributed by atoms with Crippen molar-refractivity contribution in [2.45, 2.75) is 40.0 Å². The smallest absolute Gasteiger partial charge is 0.354 e. The minimum absolute atomic E-state index is 0.0244. The lowest BCUT2D eigenvalue weighted by Gasteiger charge is -2.18. The van der Waals surface area contributed by atoms with Gasteiger partial charge < -0.3 is 19.5 Å². The van der Waals surface area contributed by atoms with E-state index in [1.54, 1.807) is 56.5 Å². The summed E-state index contributed by atoms with van der Waals surface area (Å²) < 4.78 is 17.8. The summed E-state index contributed by atoms with van der Waals surface area (Å²) >= 11 is 6.35. The minimum Gasteiger partial charge on any atom is -0.497 e. The average Bonchev–Trinajstić information content (AvgIpc) is 2.85. The number of benzene rings is 2. The van der Waals surface area contributed by atoms with Crippen LogP contribution in [-0.2, 0) is 22.6 Å². The zero-order valence-corrected chi connectivity index (χ0v) is 21.5. The molecule has 1 aromatic heterocycles. The fourth-order valence-corrected chi connectivity index (χ4v) is 3.67. The molecule has 2 aromatic carbocycles. The van der Waals surface area contributed by atoms with Crippen molar-refractivity contribution in [2.24, 2.45) is 5.92 Å². The minimum atomic E-state index is -0.796. The van der Waals surface area contributed by atoms with Gasteiger partial charge in [-0.25, -0.2) is 14.2 Å². The Bertz CT molecular complexity index is 1330. The van der Waals surface area contributed by atoms with Crippen LogP contribution in [0.25, 0.3) is 0 Å². The predicted molar refractivity (Wildman–Crippen MR) is 137 cm³/mol. The third-order valence-corrected chi connectivity index (χ3v) is 5.56. The first kappa shape index (κ1) is 26.8. The summed E-state index contributed by atoms with van der Waals surface area (Å²) in [6.07, 6.45) is -0.0578. The SMILES string of the molecule is COC(=O)[C@@H](C)Cn1c(=O)nc(Nc2ccc(OC(C)C)c(Cl)c2)n(Cc2ccc(OC)cc2)c1=O. The molecule has 1 N–H and O–H groups in total. The van der Waals surface area contributed by atoms with Gasteiger partial charge in [0.15, 0.2) is 0 Å². The second-order valence-electron chi connectivity index (χ2n) is 8.41. The Kier molecular flexibility index (Phi) is 8.76. The Morgan fingerprint density at radius 1 is 1.06 bits per heavy atom. The third-order valence-electron chi connectivity index (χ3n) is 5.26. The van der Waals surface area contributed by atoms with Crippen LogP contribution in [0.3, 0.4) is 0 Å². The van der Waals surface area contributed by atoms with E-state index in [1.165, 1.54) is 11.7 Å². The van der Waals surface area contributed by atoms with E-state index >= 15 is 0 Å². The zero-order valence-electron chi connectivity index (χ0n) is 20.8. The van der Waals surface area contributed by atoms with Crippen molar-refractivity contribution in [2.75, 3.05) is 19.5 Å². The molecule has 0 fully saturated rings. The maximum Gasteiger partial charge on any atom is 0.354 e. The lowest BCUT2D eigenvalue weighted by molar-refractivity contribution is -0.145. The number of aromatic nitrogens is 3. The molecule has 3 rings (SSSR count). The molecule has 0 aliphatic carbocycles. The number of anilines is 2. The molecule has 10 nitrogen and oxygen atoms in total. The molecule has 0 aliphatic heterocycles. The van der Waals surface area contributed by atoms with Gasteiger partial charge in [-0.2, -0.15) is 4.98 Å². The number of carbonyl (C=O) groups is 1. The molecule has 1 heterocycles. The standard InChI is InChI=1S/C25H29ClN4O6/c1-15(2)36-21-11-8-18(12-20(21)26)27-23-28-24(32)30(13-16(3)22(31)35-5)25(33)29(23)14-17-6-9-19(34-4)10-7-17/h6-12,15-16H,13-14H2,1-5H3,(H,27,28,32)/t16-/m0/s1. The van der Waals surface area contributed by atoms with Crippen LogP contribution in [0.4, 0.5) is 11.6 Å². The van der Waals surface area contributed by atoms with Crippen LogP contribution in [-0.4, -0.2) is 40.4 Å². The van der Waals surface area contributed by atoms with Crippen LogP contribution < -0.4 is 26.2 Å². The number of esters is 1. The highest BCUT2D eigenvalue weighted by Gasteiger charge is 2.20. The Hall–Kier alpha value is -3.79. The molecule has 0 aliphatic rings. The van der Waals surface area contributed by atoms with Gasteiger partial charge in [0, 0.05) is 12.2 Å². The van der Waals surface area contributed by atoms with Crippen molar-refractivity contribution in [3.8, 4) is 11.5 Å². The molecule has 0 saturated carbocycles. The summed E-state index contributed by atoms with van der Waals surface area (Å²) in [7, 11) is 2.81. The van der Waals surface area contributed by atoms with Gasteiger partial charge in [-0.05, 0) is 49.7 Å². The first-order valence-corrected chi connectivity index (χ1v) is 11.7. The summed E-state index contributed by atoms with van der Waals surface area (Å²) in [4.78, 5) is 42.3. The maximum atomic E-state index is 13.4. The summed E-state index contributed by atoms with van der Waals surface area (Å²) in [6.45, 7) is 5.28. The van der Waals surface area contributed by atoms with Gasteiger partial charge in [0.25, 0.3) is 0 Å². The average molecular weight is 517 g/mol. The second kappa shape index (κ2) is 11.8. The van der Waals surface area contributed by atoms with E-state index in [2.05, 4.69) is 10.3 Å². The molecule has 0 unspecified atom stereocenters. The molecule has 11 heteroatoms. The first-order valence-electron chi connectivity index (χ1n) is 11.3. The molecular weight excluding hydrogens is 488 g/mol. The molecule has 0 bridgehead atoms. The van der Waals surface area contributed by atoms with Crippen LogP contribution in [0.2, 0.25) is 5.02 Å². The van der Waals surface area contributed by atoms with Crippen molar-refractivity contribution < 1.29 is 19.0 Å². The van der Waals surface area contributed by atoms with Gasteiger partial charge in [-0.3, -0.25) is 9.36 Å². The number of nitrogens with one attached hydrogen (secondary N) is 1. The largest absolute Gasteiger partial charge is 0.497 e. The number of halogens is 1. The second-order valence-corrected chi connectivity index (χ2v) is 8.81. The number of carbonyl (C=O) groups excluding carboxylic acids is 1. The van der Waals surface area contributed by atoms with Gasteiger partial charge >= 0.3 is 17.3 Å². The van der Waals surface area contributed by atoms with E-state index in [4.69, 9.17) is 25.8 Å². The highest BCUT2D eigenvalue weighted by atomic mass is 35.5. The van der Waals surface area contributed by atoms with Crippen molar-refractivity contribution in [1.29, 1.82) is 0 Å². The number of nitrogens with zero attached hydrogens (tertiary/aromatic N) is 3. The van der Waals surface area contributed by atoms with Gasteiger partial charge in [0.05, 0.1) is 37.8 Å². The Balaban J connectivity index is 2.04. The molecule has 192 valence electrons. The van der Waals surface area contributed by atoms with Gasteiger partial charge in [0.1, 0.15) is 11.5 Å². The first-order chi connectivity index (χ1) is 17.1. The summed E-state index contributed by atoms with van der Waals surface area (Å²) in [5.41, 5.74) is -0.149. The Morgan fingerprint density at radius 3 is 2.33 bits per heavy atom. The lowest BCUT2D eigenvalue weighted by Crippen LogP contribution is -2.44. The van der Waals surface area contributed by atoms with Gasteiger partial charge in [0.2, 0.25) is 5.95 Å². The molecule has 0 amide bonds. The van der Waals surface area contributed by atoms with Crippen LogP contribution >= 0.6 is 11.6 Å². The highest BCUT2D eigenvalue weighted by Crippen LogP contribution is 2.29. The van der Waals surface area contributed by atoms with E-state index in [-0.39, 0.29) is 25.1 Å². The van der Waals surface area contributed by atoms with Crippen LogP contribution in [0.1, 0.15) is 26.3 Å². The van der Waals surface area contributed by atoms with E-state index in [9.17, 15) is 14.4 Å². The van der Waals surface area contributed by atoms with E-state index in [0.717, 1.165) is 10.1 Å². The quantitative estimate of drug-likeness (QED) is 0.407. The predicted octanol–water partition coefficient (Wildman–Crippen LogP) is 3.46. The molecule has 0 spiro atoms. The molecule has 36 heavy (non-hydrogen) atoms. The fourth-order valence-electron chi connectivity index (χ4n) is 3.44. The van der Waals surface area contributed by atoms with E-state index in [1.807, 2.05) is 13.8 Å². The molecule has 3 aromatic rings. The number of hydrogen-bond acceptors (Lipinski definition) is 8. The lowest BCUT2D eigenvalue weighted by atomic mass is 10.2. The van der Waals surface area contributed by atoms with E-state index < -0.39 is 23.3 Å². The Labute approximate surface area is 213 Å². The summed E-state index contributed by atoms with van der Waals surface area (Å²) in [6, 6.07) is 12.2. The summed E-state index contributed by atoms with van der Waals surface area (Å²) in [5, 5.41) is 3.37. The molecule has 0 saturated heterocycles. The molecular formula is C25H29ClN4O6. The highest BCUT2D eigenvalue weighted by molar-refractivity contribution is 6.32. The molecule has 0 radical (unpaired) electrons. The normalized spacial score (nSPS) is 11.8. The fraction of sp³-hybridized carbons (Fsp3) is 0.360. The van der Waals surface area contributed by atoms with Crippen molar-refractivity contribution in [1.82, 2.24) is 14.1 Å².